The van der Waals surface area contributed by atoms with Crippen molar-refractivity contribution >= 4 is 11.6 Å². The third-order valence-corrected chi connectivity index (χ3v) is 10.4. The molecule has 1 aliphatic heterocycles. The number of phenolic OH excluding ortho intramolecular Hbond substituents is 1. The van der Waals surface area contributed by atoms with Gasteiger partial charge in [-0.05, 0) is 137 Å². The average Bonchev–Trinajstić information content (AvgIpc) is 3.55. The normalized spacial score (nSPS) is 31.8. The molecule has 6 rings (SSSR count). The van der Waals surface area contributed by atoms with E-state index in [2.05, 4.69) is 23.2 Å². The highest BCUT2D eigenvalue weighted by Gasteiger charge is 2.58. The molecule has 39 heavy (non-hydrogen) atoms. The summed E-state index contributed by atoms with van der Waals surface area (Å²) in [5.41, 5.74) is 3.19. The molecule has 1 amide bonds. The lowest BCUT2D eigenvalue weighted by Gasteiger charge is -2.53. The predicted molar refractivity (Wildman–Crippen MR) is 153 cm³/mol. The highest BCUT2D eigenvalue weighted by atomic mass is 16.5. The van der Waals surface area contributed by atoms with Crippen LogP contribution in [0.4, 0.5) is 5.69 Å². The summed E-state index contributed by atoms with van der Waals surface area (Å²) in [4.78, 5) is 15.0. The molecular weight excluding hydrogens is 488 g/mol. The molecule has 6 heteroatoms. The highest BCUT2D eigenvalue weighted by molar-refractivity contribution is 5.90. The number of aliphatic hydroxyl groups is 1. The molecule has 2 aromatic carbocycles. The van der Waals surface area contributed by atoms with Crippen molar-refractivity contribution in [3.05, 3.63) is 53.6 Å². The smallest absolute Gasteiger partial charge is 0.224 e. The van der Waals surface area contributed by atoms with Gasteiger partial charge >= 0.3 is 0 Å². The number of nitrogens with zero attached hydrogens (tertiary/aromatic N) is 1. The van der Waals surface area contributed by atoms with Crippen LogP contribution in [0.15, 0.2) is 42.5 Å². The van der Waals surface area contributed by atoms with Crippen molar-refractivity contribution < 1.29 is 19.7 Å². The summed E-state index contributed by atoms with van der Waals surface area (Å²) in [5, 5.41) is 24.2. The van der Waals surface area contributed by atoms with Crippen LogP contribution in [0.3, 0.4) is 0 Å². The summed E-state index contributed by atoms with van der Waals surface area (Å²) in [6.45, 7) is 5.78. The van der Waals surface area contributed by atoms with E-state index in [4.69, 9.17) is 4.74 Å². The number of likely N-dealkylation sites (tertiary alicyclic amines) is 1. The van der Waals surface area contributed by atoms with Crippen LogP contribution in [-0.2, 0) is 11.2 Å². The van der Waals surface area contributed by atoms with E-state index in [1.807, 2.05) is 30.3 Å². The Morgan fingerprint density at radius 2 is 1.87 bits per heavy atom. The number of aryl methyl sites for hydroxylation is 1. The second-order valence-electron chi connectivity index (χ2n) is 12.8. The Kier molecular flexibility index (Phi) is 7.60. The highest BCUT2D eigenvalue weighted by Crippen LogP contribution is 2.61. The molecule has 6 nitrogen and oxygen atoms in total. The molecule has 0 spiro atoms. The van der Waals surface area contributed by atoms with Gasteiger partial charge in [0, 0.05) is 23.4 Å². The number of aromatic hydroxyl groups is 1. The maximum atomic E-state index is 12.5. The van der Waals surface area contributed by atoms with Crippen LogP contribution in [0.2, 0.25) is 0 Å². The molecule has 1 saturated heterocycles. The fourth-order valence-corrected chi connectivity index (χ4v) is 8.35. The lowest BCUT2D eigenvalue weighted by Crippen LogP contribution is -2.51. The van der Waals surface area contributed by atoms with Crippen LogP contribution < -0.4 is 10.1 Å². The maximum absolute atomic E-state index is 12.5. The number of carbonyl (C=O) groups is 1. The Morgan fingerprint density at radius 3 is 2.67 bits per heavy atom. The molecule has 3 aliphatic carbocycles. The number of hydrogen-bond acceptors (Lipinski definition) is 5. The molecule has 3 N–H and O–H groups in total. The van der Waals surface area contributed by atoms with Crippen molar-refractivity contribution in [3.8, 4) is 11.5 Å². The quantitative estimate of drug-likeness (QED) is 0.371. The molecule has 0 bridgehead atoms. The number of carbonyl (C=O) groups excluding carboxylic acids is 1. The van der Waals surface area contributed by atoms with E-state index in [9.17, 15) is 15.0 Å². The number of unbranched alkanes of at least 4 members (excludes halogenated alkanes) is 1. The SMILES string of the molecule is C[C@]12C[C@H](Oc3ccc(NC(=O)CCCCN4CCCC4)cc3)[C@@H]3c4ccc(O)cc4CC[C@H]3[C@@H]1CC[C@@H]2O. The van der Waals surface area contributed by atoms with E-state index in [-0.39, 0.29) is 29.4 Å². The van der Waals surface area contributed by atoms with Crippen molar-refractivity contribution in [2.75, 3.05) is 25.0 Å². The molecule has 2 saturated carbocycles. The number of anilines is 1. The molecule has 2 aromatic rings. The Balaban J connectivity index is 1.11. The predicted octanol–water partition coefficient (Wildman–Crippen LogP) is 5.87. The Hall–Kier alpha value is -2.57. The summed E-state index contributed by atoms with van der Waals surface area (Å²) < 4.78 is 6.73. The first-order valence-electron chi connectivity index (χ1n) is 15.2. The van der Waals surface area contributed by atoms with E-state index in [0.717, 1.165) is 62.9 Å². The minimum Gasteiger partial charge on any atom is -0.508 e. The third kappa shape index (κ3) is 5.43. The van der Waals surface area contributed by atoms with Gasteiger partial charge in [0.25, 0.3) is 0 Å². The van der Waals surface area contributed by atoms with Crippen molar-refractivity contribution in [1.82, 2.24) is 4.90 Å². The van der Waals surface area contributed by atoms with E-state index < -0.39 is 0 Å². The second-order valence-corrected chi connectivity index (χ2v) is 12.8. The fourth-order valence-electron chi connectivity index (χ4n) is 8.35. The third-order valence-electron chi connectivity index (χ3n) is 10.4. The number of phenols is 1. The van der Waals surface area contributed by atoms with Gasteiger partial charge in [-0.1, -0.05) is 13.0 Å². The summed E-state index contributed by atoms with van der Waals surface area (Å²) in [6, 6.07) is 13.6. The van der Waals surface area contributed by atoms with Gasteiger partial charge in [0.15, 0.2) is 0 Å². The first-order chi connectivity index (χ1) is 18.9. The number of fused-ring (bicyclic) bond motifs is 5. The van der Waals surface area contributed by atoms with Gasteiger partial charge in [-0.2, -0.15) is 0 Å². The van der Waals surface area contributed by atoms with E-state index in [1.54, 1.807) is 6.07 Å². The molecule has 6 atom stereocenters. The second kappa shape index (κ2) is 11.1. The Bertz CT molecular complexity index is 1160. The molecule has 0 radical (unpaired) electrons. The minimum absolute atomic E-state index is 0.0522. The van der Waals surface area contributed by atoms with Crippen molar-refractivity contribution in [2.24, 2.45) is 17.3 Å². The van der Waals surface area contributed by atoms with Crippen LogP contribution >= 0.6 is 0 Å². The molecule has 0 unspecified atom stereocenters. The van der Waals surface area contributed by atoms with Gasteiger partial charge < -0.3 is 25.2 Å². The van der Waals surface area contributed by atoms with Crippen LogP contribution in [0, 0.1) is 17.3 Å². The van der Waals surface area contributed by atoms with Crippen molar-refractivity contribution in [2.45, 2.75) is 89.3 Å². The number of amides is 1. The molecular formula is C33H44N2O4. The standard InChI is InChI=1S/C33H44N2O4/c1-33-21-29(32-26-14-10-24(36)20-22(26)7-13-27(32)28(33)15-16-30(33)37)39-25-11-8-23(9-12-25)34-31(38)6-2-3-17-35-18-4-5-19-35/h8-12,14,20,27-30,32,36-37H,2-7,13,15-19,21H2,1H3,(H,34,38)/t27-,28-,29-,30-,32+,33-/m0/s1. The van der Waals surface area contributed by atoms with Crippen LogP contribution in [0.5, 0.6) is 11.5 Å². The zero-order valence-corrected chi connectivity index (χ0v) is 23.3. The van der Waals surface area contributed by atoms with E-state index in [1.165, 1.54) is 37.1 Å². The van der Waals surface area contributed by atoms with Crippen molar-refractivity contribution in [3.63, 3.8) is 0 Å². The summed E-state index contributed by atoms with van der Waals surface area (Å²) in [5.74, 6) is 2.39. The van der Waals surface area contributed by atoms with Gasteiger partial charge in [-0.3, -0.25) is 4.79 Å². The number of aliphatic hydroxyl groups excluding tert-OH is 1. The zero-order chi connectivity index (χ0) is 27.0. The number of benzene rings is 2. The zero-order valence-electron chi connectivity index (χ0n) is 23.3. The lowest BCUT2D eigenvalue weighted by atomic mass is 9.54. The van der Waals surface area contributed by atoms with Gasteiger partial charge in [0.05, 0.1) is 6.10 Å². The molecule has 1 heterocycles. The first-order valence-corrected chi connectivity index (χ1v) is 15.2. The number of hydrogen-bond donors (Lipinski definition) is 3. The summed E-state index contributed by atoms with van der Waals surface area (Å²) >= 11 is 0. The molecule has 3 fully saturated rings. The van der Waals surface area contributed by atoms with Gasteiger partial charge in [0.1, 0.15) is 17.6 Å². The van der Waals surface area contributed by atoms with Crippen LogP contribution in [-0.4, -0.2) is 52.9 Å². The lowest BCUT2D eigenvalue weighted by molar-refractivity contribution is -0.116. The first kappa shape index (κ1) is 26.6. The van der Waals surface area contributed by atoms with Gasteiger partial charge in [-0.25, -0.2) is 0 Å². The Labute approximate surface area is 232 Å². The molecule has 0 aromatic heterocycles. The van der Waals surface area contributed by atoms with E-state index >= 15 is 0 Å². The Morgan fingerprint density at radius 1 is 1.08 bits per heavy atom. The van der Waals surface area contributed by atoms with Crippen LogP contribution in [0.25, 0.3) is 0 Å². The molecule has 210 valence electrons. The topological polar surface area (TPSA) is 82.0 Å². The molecule has 4 aliphatic rings. The largest absolute Gasteiger partial charge is 0.508 e. The van der Waals surface area contributed by atoms with Gasteiger partial charge in [-0.15, -0.1) is 0 Å². The average molecular weight is 533 g/mol. The number of ether oxygens (including phenoxy) is 1. The number of rotatable bonds is 8. The number of nitrogens with one attached hydrogen (secondary N) is 1. The van der Waals surface area contributed by atoms with Crippen LogP contribution in [0.1, 0.15) is 81.8 Å². The minimum atomic E-state index is -0.288. The van der Waals surface area contributed by atoms with Crippen molar-refractivity contribution in [1.29, 1.82) is 0 Å². The van der Waals surface area contributed by atoms with Gasteiger partial charge in [0.2, 0.25) is 5.91 Å². The monoisotopic (exact) mass is 532 g/mol. The summed E-state index contributed by atoms with van der Waals surface area (Å²) in [7, 11) is 0. The fraction of sp³-hybridized carbons (Fsp3) is 0.606. The maximum Gasteiger partial charge on any atom is 0.224 e. The van der Waals surface area contributed by atoms with E-state index in [0.29, 0.717) is 24.0 Å². The summed E-state index contributed by atoms with van der Waals surface area (Å²) in [6.07, 6.45) is 9.60.